The number of aliphatic imine (C=N–C) groups is 1. The van der Waals surface area contributed by atoms with Gasteiger partial charge in [-0.1, -0.05) is 55.5 Å². The standard InChI is InChI=1S/C32H33FN5OP/c1-4-5-14-34-19(2)29-16-28(32(39)37-18-26(33)24-9-7-6-8-23(24)20(37)3)35-31-17-27(36-38(29)31)25-13-12-22(15-30(25)40)21-10-11-21/h5-9,12-17,20-21,26H,4,10-11,18,40H2,1-3H3/b14-5-,34-19+. The summed E-state index contributed by atoms with van der Waals surface area (Å²) in [6, 6.07) is 17.3. The van der Waals surface area contributed by atoms with Crippen molar-refractivity contribution in [2.24, 2.45) is 4.99 Å². The van der Waals surface area contributed by atoms with E-state index in [0.717, 1.165) is 28.5 Å². The van der Waals surface area contributed by atoms with E-state index < -0.39 is 6.17 Å². The first-order valence-corrected chi connectivity index (χ1v) is 14.5. The first-order chi connectivity index (χ1) is 19.4. The number of hydrogen-bond acceptors (Lipinski definition) is 4. The van der Waals surface area contributed by atoms with Gasteiger partial charge in [-0.2, -0.15) is 5.10 Å². The smallest absolute Gasteiger partial charge is 0.273 e. The molecule has 0 bridgehead atoms. The van der Waals surface area contributed by atoms with Crippen LogP contribution in [0.25, 0.3) is 16.9 Å². The summed E-state index contributed by atoms with van der Waals surface area (Å²) in [6.07, 6.45) is 5.85. The fourth-order valence-electron chi connectivity index (χ4n) is 5.47. The van der Waals surface area contributed by atoms with Crippen LogP contribution in [0, 0.1) is 0 Å². The molecule has 2 aliphatic rings. The third-order valence-corrected chi connectivity index (χ3v) is 8.37. The summed E-state index contributed by atoms with van der Waals surface area (Å²) in [5.74, 6) is 0.355. The number of amides is 1. The lowest BCUT2D eigenvalue weighted by Crippen LogP contribution is -2.40. The molecule has 6 nitrogen and oxygen atoms in total. The lowest BCUT2D eigenvalue weighted by atomic mass is 9.92. The van der Waals surface area contributed by atoms with Gasteiger partial charge >= 0.3 is 0 Å². The number of hydrogen-bond donors (Lipinski definition) is 0. The highest BCUT2D eigenvalue weighted by atomic mass is 31.0. The van der Waals surface area contributed by atoms with Gasteiger partial charge in [0.2, 0.25) is 0 Å². The van der Waals surface area contributed by atoms with E-state index in [0.29, 0.717) is 28.5 Å². The maximum atomic E-state index is 15.2. The average molecular weight is 554 g/mol. The van der Waals surface area contributed by atoms with Gasteiger partial charge in [-0.15, -0.1) is 9.24 Å². The topological polar surface area (TPSA) is 62.9 Å². The minimum Gasteiger partial charge on any atom is -0.327 e. The van der Waals surface area contributed by atoms with Crippen LogP contribution >= 0.6 is 9.24 Å². The highest BCUT2D eigenvalue weighted by molar-refractivity contribution is 7.28. The number of rotatable bonds is 6. The highest BCUT2D eigenvalue weighted by Gasteiger charge is 2.34. The normalized spacial score (nSPS) is 19.4. The van der Waals surface area contributed by atoms with Crippen LogP contribution in [-0.4, -0.2) is 37.7 Å². The molecular weight excluding hydrogens is 520 g/mol. The first-order valence-electron chi connectivity index (χ1n) is 13.9. The van der Waals surface area contributed by atoms with Crippen molar-refractivity contribution in [1.29, 1.82) is 0 Å². The van der Waals surface area contributed by atoms with Crippen LogP contribution in [-0.2, 0) is 0 Å². The molecule has 0 spiro atoms. The zero-order valence-corrected chi connectivity index (χ0v) is 24.2. The summed E-state index contributed by atoms with van der Waals surface area (Å²) in [5, 5.41) is 5.98. The summed E-state index contributed by atoms with van der Waals surface area (Å²) in [4.78, 5) is 24.8. The van der Waals surface area contributed by atoms with E-state index in [-0.39, 0.29) is 24.2 Å². The van der Waals surface area contributed by atoms with Crippen molar-refractivity contribution in [3.8, 4) is 11.3 Å². The molecule has 0 radical (unpaired) electrons. The molecule has 3 heterocycles. The number of carbonyl (C=O) groups is 1. The van der Waals surface area contributed by atoms with E-state index in [1.54, 1.807) is 27.7 Å². The number of allylic oxidation sites excluding steroid dienone is 1. The van der Waals surface area contributed by atoms with E-state index in [1.807, 2.05) is 51.1 Å². The molecule has 1 aliphatic carbocycles. The van der Waals surface area contributed by atoms with Gasteiger partial charge in [0, 0.05) is 17.8 Å². The third-order valence-electron chi connectivity index (χ3n) is 7.90. The number of fused-ring (bicyclic) bond motifs is 2. The van der Waals surface area contributed by atoms with Gasteiger partial charge in [0.15, 0.2) is 5.65 Å². The average Bonchev–Trinajstić information content (AvgIpc) is 3.73. The molecule has 1 fully saturated rings. The van der Waals surface area contributed by atoms with Gasteiger partial charge in [0.1, 0.15) is 11.9 Å². The van der Waals surface area contributed by atoms with E-state index in [4.69, 9.17) is 10.1 Å². The van der Waals surface area contributed by atoms with Crippen LogP contribution in [0.15, 0.2) is 71.9 Å². The molecule has 40 heavy (non-hydrogen) atoms. The number of carbonyl (C=O) groups excluding carboxylic acids is 1. The van der Waals surface area contributed by atoms with E-state index >= 15 is 4.39 Å². The van der Waals surface area contributed by atoms with Gasteiger partial charge in [0.05, 0.1) is 29.7 Å². The largest absolute Gasteiger partial charge is 0.327 e. The molecule has 3 atom stereocenters. The van der Waals surface area contributed by atoms with Crippen LogP contribution in [0.2, 0.25) is 0 Å². The molecule has 8 heteroatoms. The first kappa shape index (κ1) is 26.5. The van der Waals surface area contributed by atoms with Crippen molar-refractivity contribution in [2.45, 2.75) is 58.2 Å². The Hall–Kier alpha value is -3.70. The van der Waals surface area contributed by atoms with Crippen LogP contribution < -0.4 is 5.30 Å². The summed E-state index contributed by atoms with van der Waals surface area (Å²) in [7, 11) is 2.84. The van der Waals surface area contributed by atoms with Crippen LogP contribution in [0.5, 0.6) is 0 Å². The molecule has 0 saturated heterocycles. The number of halogens is 1. The zero-order valence-electron chi connectivity index (χ0n) is 23.0. The van der Waals surface area contributed by atoms with Crippen molar-refractivity contribution in [1.82, 2.24) is 19.5 Å². The molecule has 204 valence electrons. The lowest BCUT2D eigenvalue weighted by Gasteiger charge is -2.36. The molecule has 1 aliphatic heterocycles. The second kappa shape index (κ2) is 10.7. The summed E-state index contributed by atoms with van der Waals surface area (Å²) >= 11 is 0. The predicted octanol–water partition coefficient (Wildman–Crippen LogP) is 6.73. The number of alkyl halides is 1. The summed E-state index contributed by atoms with van der Waals surface area (Å²) < 4.78 is 16.9. The van der Waals surface area contributed by atoms with Gasteiger partial charge in [-0.25, -0.2) is 13.9 Å². The predicted molar refractivity (Wildman–Crippen MR) is 161 cm³/mol. The number of aromatic nitrogens is 3. The fraction of sp³-hybridized carbons (Fsp3) is 0.312. The SMILES string of the molecule is CC/C=C\N=C(/C)c1cc(C(=O)N2CC(F)c3ccccc3C2C)nc2cc(-c3ccc(C4CC4)cc3P)nn12. The quantitative estimate of drug-likeness (QED) is 0.196. The fourth-order valence-corrected chi connectivity index (χ4v) is 5.91. The third kappa shape index (κ3) is 4.88. The number of benzene rings is 2. The van der Waals surface area contributed by atoms with Crippen molar-refractivity contribution < 1.29 is 9.18 Å². The monoisotopic (exact) mass is 553 g/mol. The maximum Gasteiger partial charge on any atom is 0.273 e. The Kier molecular flexibility index (Phi) is 7.09. The second-order valence-electron chi connectivity index (χ2n) is 10.7. The van der Waals surface area contributed by atoms with E-state index in [1.165, 1.54) is 18.4 Å². The van der Waals surface area contributed by atoms with Gasteiger partial charge in [-0.3, -0.25) is 9.79 Å². The number of nitrogens with zero attached hydrogens (tertiary/aromatic N) is 5. The molecule has 1 amide bonds. The Morgan fingerprint density at radius 1 is 1.15 bits per heavy atom. The Morgan fingerprint density at radius 2 is 1.93 bits per heavy atom. The maximum absolute atomic E-state index is 15.2. The molecule has 6 rings (SSSR count). The molecule has 0 N–H and O–H groups in total. The molecule has 2 aromatic carbocycles. The van der Waals surface area contributed by atoms with Crippen LogP contribution in [0.1, 0.15) is 91.0 Å². The lowest BCUT2D eigenvalue weighted by molar-refractivity contribution is 0.0585. The molecule has 1 saturated carbocycles. The summed E-state index contributed by atoms with van der Waals surface area (Å²) in [6.45, 7) is 5.87. The Balaban J connectivity index is 1.44. The van der Waals surface area contributed by atoms with Crippen molar-refractivity contribution in [2.75, 3.05) is 6.54 Å². The zero-order chi connectivity index (χ0) is 28.0. The molecule has 4 aromatic rings. The van der Waals surface area contributed by atoms with Gasteiger partial charge in [-0.05, 0) is 67.1 Å². The Bertz CT molecular complexity index is 1670. The second-order valence-corrected chi connectivity index (χ2v) is 11.3. The highest BCUT2D eigenvalue weighted by Crippen LogP contribution is 2.40. The molecular formula is C32H33FN5OP. The van der Waals surface area contributed by atoms with Crippen molar-refractivity contribution in [3.05, 3.63) is 95.0 Å². The summed E-state index contributed by atoms with van der Waals surface area (Å²) in [5.41, 5.74) is 6.77. The van der Waals surface area contributed by atoms with E-state index in [9.17, 15) is 4.79 Å². The van der Waals surface area contributed by atoms with Crippen LogP contribution in [0.3, 0.4) is 0 Å². The van der Waals surface area contributed by atoms with Crippen molar-refractivity contribution in [3.63, 3.8) is 0 Å². The van der Waals surface area contributed by atoms with E-state index in [2.05, 4.69) is 32.4 Å². The van der Waals surface area contributed by atoms with Crippen LogP contribution in [0.4, 0.5) is 4.39 Å². The molecule has 3 unspecified atom stereocenters. The van der Waals surface area contributed by atoms with Gasteiger partial charge in [0.25, 0.3) is 5.91 Å². The minimum atomic E-state index is -1.25. The molecule has 2 aromatic heterocycles. The Morgan fingerprint density at radius 3 is 2.65 bits per heavy atom. The van der Waals surface area contributed by atoms with Gasteiger partial charge < -0.3 is 4.90 Å². The Labute approximate surface area is 236 Å². The van der Waals surface area contributed by atoms with Crippen molar-refractivity contribution >= 4 is 31.8 Å². The minimum absolute atomic E-state index is 0.0141.